The molecule has 3 rings (SSSR count). The van der Waals surface area contributed by atoms with Gasteiger partial charge in [0.15, 0.2) is 0 Å². The number of esters is 3. The van der Waals surface area contributed by atoms with E-state index in [1.54, 1.807) is 49.2 Å². The highest BCUT2D eigenvalue weighted by Crippen LogP contribution is 2.04. The highest BCUT2D eigenvalue weighted by Gasteiger charge is 2.04. The van der Waals surface area contributed by atoms with Crippen molar-refractivity contribution < 1.29 is 42.8 Å². The molecule has 3 aromatic carbocycles. The van der Waals surface area contributed by atoms with Gasteiger partial charge < -0.3 is 28.4 Å². The van der Waals surface area contributed by atoms with Gasteiger partial charge in [0.05, 0.1) is 0 Å². The van der Waals surface area contributed by atoms with Crippen molar-refractivity contribution in [2.45, 2.75) is 40.6 Å². The molecule has 0 atom stereocenters. The average molecular weight is 905 g/mol. The summed E-state index contributed by atoms with van der Waals surface area (Å²) in [5.74, 6) is -1.03. The summed E-state index contributed by atoms with van der Waals surface area (Å²) in [4.78, 5) is 33.0. The number of halogens is 2. The molecule has 0 unspecified atom stereocenters. The second-order valence-corrected chi connectivity index (χ2v) is 9.63. The number of hydrogen-bond donors (Lipinski definition) is 0. The fourth-order valence-electron chi connectivity index (χ4n) is 2.66. The first-order valence-corrected chi connectivity index (χ1v) is 20.8. The molecule has 0 saturated carbocycles. The van der Waals surface area contributed by atoms with Crippen LogP contribution in [-0.4, -0.2) is 53.1 Å². The molecule has 0 amide bonds. The molecule has 0 bridgehead atoms. The number of carbonyl (C=O) groups excluding carboxylic acids is 3. The van der Waals surface area contributed by atoms with Gasteiger partial charge in [-0.25, -0.2) is 14.4 Å². The monoisotopic (exact) mass is 904 g/mol. The Balaban J connectivity index is -0.000000570. The van der Waals surface area contributed by atoms with Gasteiger partial charge in [-0.15, -0.1) is 0 Å². The third-order valence-electron chi connectivity index (χ3n) is 4.92. The highest BCUT2D eigenvalue weighted by molar-refractivity contribution is 15.0. The van der Waals surface area contributed by atoms with Gasteiger partial charge in [0.1, 0.15) is 26.6 Å². The zero-order valence-corrected chi connectivity index (χ0v) is 33.9. The van der Waals surface area contributed by atoms with Crippen LogP contribution in [0.1, 0.15) is 37.5 Å². The first-order valence-electron chi connectivity index (χ1n) is 14.5. The van der Waals surface area contributed by atoms with E-state index < -0.39 is 0 Å². The molecule has 9 nitrogen and oxygen atoms in total. The second kappa shape index (κ2) is 35.9. The van der Waals surface area contributed by atoms with Gasteiger partial charge in [-0.2, -0.15) is 0 Å². The minimum absolute atomic E-state index is 0.312. The Kier molecular flexibility index (Phi) is 36.7. The molecule has 0 aliphatic heterocycles. The van der Waals surface area contributed by atoms with Crippen molar-refractivity contribution in [3.05, 3.63) is 144 Å². The van der Waals surface area contributed by atoms with Crippen molar-refractivity contribution in [3.63, 3.8) is 0 Å². The van der Waals surface area contributed by atoms with Crippen LogP contribution < -0.4 is 0 Å². The lowest BCUT2D eigenvalue weighted by Gasteiger charge is -2.03. The minimum atomic E-state index is -0.344. The molecule has 11 heteroatoms. The number of hydrogen-bond acceptors (Lipinski definition) is 9. The number of benzene rings is 3. The molecule has 49 heavy (non-hydrogen) atoms. The van der Waals surface area contributed by atoms with Crippen molar-refractivity contribution in [2.24, 2.45) is 0 Å². The summed E-state index contributed by atoms with van der Waals surface area (Å²) < 4.78 is 28.0. The Bertz CT molecular complexity index is 1140. The molecule has 0 saturated heterocycles. The first-order chi connectivity index (χ1) is 23.4. The van der Waals surface area contributed by atoms with Crippen molar-refractivity contribution in [1.29, 1.82) is 0 Å². The van der Waals surface area contributed by atoms with Gasteiger partial charge >= 0.3 is 17.9 Å². The van der Waals surface area contributed by atoms with Crippen molar-refractivity contribution in [2.75, 3.05) is 35.2 Å². The van der Waals surface area contributed by atoms with Crippen LogP contribution in [0.3, 0.4) is 0 Å². The summed E-state index contributed by atoms with van der Waals surface area (Å²) in [6, 6.07) is 28.7. The quantitative estimate of drug-likeness (QED) is 0.0613. The second-order valence-electron chi connectivity index (χ2n) is 9.63. The predicted molar refractivity (Wildman–Crippen MR) is 213 cm³/mol. The molecule has 0 radical (unpaired) electrons. The van der Waals surface area contributed by atoms with E-state index in [1.165, 1.54) is 0 Å². The van der Waals surface area contributed by atoms with E-state index >= 15 is 0 Å². The van der Waals surface area contributed by atoms with Crippen LogP contribution in [0.25, 0.3) is 0 Å². The van der Waals surface area contributed by atoms with E-state index in [-0.39, 0.29) is 17.9 Å². The zero-order chi connectivity index (χ0) is 37.9. The summed E-state index contributed by atoms with van der Waals surface area (Å²) in [5.41, 5.74) is 4.23. The summed E-state index contributed by atoms with van der Waals surface area (Å²) in [6.07, 6.45) is 0. The third kappa shape index (κ3) is 32.9. The Labute approximate surface area is 316 Å². The topological polar surface area (TPSA) is 107 Å². The standard InChI is InChI=1S/3C11H12O2.C3H8O2.C2H6O.I2/c3*1-9(2)11(12)13-8-10-6-4-3-5-7-10;1-4-3-5-2;1-3-2;1-2/h3*3-7H,1,8H2,2H3;3H2,1-2H3;1-2H3;. The summed E-state index contributed by atoms with van der Waals surface area (Å²) in [6.45, 7) is 16.7. The van der Waals surface area contributed by atoms with Crippen molar-refractivity contribution in [1.82, 2.24) is 0 Å². The number of ether oxygens (including phenoxy) is 6. The Morgan fingerprint density at radius 1 is 0.490 bits per heavy atom. The molecule has 0 aromatic heterocycles. The fourth-order valence-corrected chi connectivity index (χ4v) is 2.66. The fraction of sp³-hybridized carbons (Fsp3) is 0.289. The Hall–Kier alpha value is -3.37. The maximum atomic E-state index is 11.0. The van der Waals surface area contributed by atoms with Gasteiger partial charge in [-0.1, -0.05) is 111 Å². The third-order valence-corrected chi connectivity index (χ3v) is 4.92. The van der Waals surface area contributed by atoms with E-state index in [0.29, 0.717) is 43.3 Å². The van der Waals surface area contributed by atoms with Gasteiger partial charge in [0, 0.05) is 82.4 Å². The molecule has 0 aliphatic carbocycles. The van der Waals surface area contributed by atoms with E-state index in [2.05, 4.69) is 71.2 Å². The first kappa shape index (κ1) is 50.0. The van der Waals surface area contributed by atoms with Crippen LogP contribution >= 0.6 is 37.2 Å². The number of methoxy groups -OCH3 is 3. The maximum Gasteiger partial charge on any atom is 0.333 e. The Morgan fingerprint density at radius 2 is 0.694 bits per heavy atom. The molecule has 3 aromatic rings. The van der Waals surface area contributed by atoms with Gasteiger partial charge in [0.2, 0.25) is 0 Å². The predicted octanol–water partition coefficient (Wildman–Crippen LogP) is 9.19. The van der Waals surface area contributed by atoms with E-state index in [0.717, 1.165) is 16.7 Å². The number of carbonyl (C=O) groups is 3. The largest absolute Gasteiger partial charge is 0.457 e. The van der Waals surface area contributed by atoms with Crippen LogP contribution in [0.2, 0.25) is 0 Å². The summed E-state index contributed by atoms with van der Waals surface area (Å²) in [7, 11) is 6.42. The van der Waals surface area contributed by atoms with Crippen LogP contribution in [0, 0.1) is 0 Å². The molecule has 270 valence electrons. The molecular weight excluding hydrogens is 854 g/mol. The molecule has 0 spiro atoms. The number of rotatable bonds is 11. The minimum Gasteiger partial charge on any atom is -0.457 e. The van der Waals surface area contributed by atoms with Gasteiger partial charge in [-0.05, 0) is 37.5 Å². The lowest BCUT2D eigenvalue weighted by molar-refractivity contribution is -0.141. The van der Waals surface area contributed by atoms with E-state index in [9.17, 15) is 14.4 Å². The van der Waals surface area contributed by atoms with Crippen LogP contribution in [0.5, 0.6) is 0 Å². The molecule has 0 N–H and O–H groups in total. The summed E-state index contributed by atoms with van der Waals surface area (Å²) >= 11 is 4.24. The van der Waals surface area contributed by atoms with Crippen molar-refractivity contribution >= 4 is 55.1 Å². The van der Waals surface area contributed by atoms with Gasteiger partial charge in [0.25, 0.3) is 0 Å². The molecular formula is C38H50I2O9. The average Bonchev–Trinajstić information content (AvgIpc) is 3.12. The van der Waals surface area contributed by atoms with Crippen LogP contribution in [-0.2, 0) is 62.6 Å². The van der Waals surface area contributed by atoms with E-state index in [1.807, 2.05) is 91.0 Å². The highest BCUT2D eigenvalue weighted by atomic mass is 128. The van der Waals surface area contributed by atoms with Crippen LogP contribution in [0.15, 0.2) is 127 Å². The SMILES string of the molecule is C=C(C)C(=O)OCc1ccccc1.C=C(C)C(=O)OCc1ccccc1.C=C(C)C(=O)OCc1ccccc1.COC.COCOC.II. The smallest absolute Gasteiger partial charge is 0.333 e. The molecule has 0 aliphatic rings. The van der Waals surface area contributed by atoms with Gasteiger partial charge in [-0.3, -0.25) is 0 Å². The lowest BCUT2D eigenvalue weighted by Crippen LogP contribution is -2.04. The molecule has 0 fully saturated rings. The summed E-state index contributed by atoms with van der Waals surface area (Å²) in [5, 5.41) is 0. The molecule has 0 heterocycles. The lowest BCUT2D eigenvalue weighted by atomic mass is 10.2. The van der Waals surface area contributed by atoms with Crippen LogP contribution in [0.4, 0.5) is 0 Å². The maximum absolute atomic E-state index is 11.0. The van der Waals surface area contributed by atoms with E-state index in [4.69, 9.17) is 14.2 Å². The Morgan fingerprint density at radius 3 is 0.837 bits per heavy atom. The normalized spacial score (nSPS) is 8.76. The van der Waals surface area contributed by atoms with Crippen molar-refractivity contribution in [3.8, 4) is 0 Å². The zero-order valence-electron chi connectivity index (χ0n) is 29.5.